The average molecular weight is 357 g/mol. The van der Waals surface area contributed by atoms with Crippen LogP contribution in [0.3, 0.4) is 0 Å². The van der Waals surface area contributed by atoms with Crippen molar-refractivity contribution < 1.29 is 13.2 Å². The van der Waals surface area contributed by atoms with Crippen LogP contribution in [0.5, 0.6) is 0 Å². The standard InChI is InChI=1S/C16H12ClF3N2S/c17-14-6-12(16(18,19)20)8-22-13(7-21-15(14)22)10-23-9-11-4-2-1-3-5-11/h1-8H,9-10H2. The first-order valence-corrected chi connectivity index (χ1v) is 8.33. The molecule has 2 nitrogen and oxygen atoms in total. The Bertz CT molecular complexity index is 815. The monoisotopic (exact) mass is 356 g/mol. The van der Waals surface area contributed by atoms with E-state index >= 15 is 0 Å². The zero-order chi connectivity index (χ0) is 16.4. The molecule has 120 valence electrons. The zero-order valence-corrected chi connectivity index (χ0v) is 13.4. The molecule has 23 heavy (non-hydrogen) atoms. The number of hydrogen-bond donors (Lipinski definition) is 0. The van der Waals surface area contributed by atoms with Crippen molar-refractivity contribution in [1.29, 1.82) is 0 Å². The van der Waals surface area contributed by atoms with Gasteiger partial charge >= 0.3 is 6.18 Å². The lowest BCUT2D eigenvalue weighted by atomic mass is 10.2. The van der Waals surface area contributed by atoms with Gasteiger partial charge in [0.25, 0.3) is 0 Å². The van der Waals surface area contributed by atoms with Gasteiger partial charge in [0.2, 0.25) is 0 Å². The Hall–Kier alpha value is -1.66. The Morgan fingerprint density at radius 3 is 2.57 bits per heavy atom. The fraction of sp³-hybridized carbons (Fsp3) is 0.188. The maximum atomic E-state index is 12.9. The number of fused-ring (bicyclic) bond motifs is 1. The Labute approximate surface area is 140 Å². The molecule has 0 saturated heterocycles. The Morgan fingerprint density at radius 2 is 1.87 bits per heavy atom. The van der Waals surface area contributed by atoms with Gasteiger partial charge in [-0.15, -0.1) is 0 Å². The smallest absolute Gasteiger partial charge is 0.301 e. The molecule has 0 aliphatic carbocycles. The van der Waals surface area contributed by atoms with Crippen LogP contribution in [0.1, 0.15) is 16.8 Å². The molecule has 3 rings (SSSR count). The number of thioether (sulfide) groups is 1. The SMILES string of the molecule is FC(F)(F)c1cc(Cl)c2ncc(CSCc3ccccc3)n2c1. The van der Waals surface area contributed by atoms with Gasteiger partial charge in [0.15, 0.2) is 5.65 Å². The molecule has 0 aliphatic rings. The highest BCUT2D eigenvalue weighted by Crippen LogP contribution is 2.33. The molecule has 0 aliphatic heterocycles. The van der Waals surface area contributed by atoms with Crippen LogP contribution in [0, 0.1) is 0 Å². The molecule has 0 saturated carbocycles. The van der Waals surface area contributed by atoms with Gasteiger partial charge in [-0.2, -0.15) is 24.9 Å². The van der Waals surface area contributed by atoms with Gasteiger partial charge in [0.1, 0.15) is 0 Å². The van der Waals surface area contributed by atoms with E-state index in [2.05, 4.69) is 4.98 Å². The second kappa shape index (κ2) is 6.45. The highest BCUT2D eigenvalue weighted by molar-refractivity contribution is 7.97. The molecular weight excluding hydrogens is 345 g/mol. The number of aromatic nitrogens is 2. The predicted octanol–water partition coefficient (Wildman–Crippen LogP) is 5.44. The van der Waals surface area contributed by atoms with Crippen molar-refractivity contribution in [2.24, 2.45) is 0 Å². The topological polar surface area (TPSA) is 17.3 Å². The summed E-state index contributed by atoms with van der Waals surface area (Å²) in [5.74, 6) is 1.33. The van der Waals surface area contributed by atoms with Gasteiger partial charge in [-0.3, -0.25) is 0 Å². The van der Waals surface area contributed by atoms with Gasteiger partial charge in [-0.1, -0.05) is 41.9 Å². The zero-order valence-electron chi connectivity index (χ0n) is 11.8. The number of pyridine rings is 1. The van der Waals surface area contributed by atoms with Crippen molar-refractivity contribution in [1.82, 2.24) is 9.38 Å². The third kappa shape index (κ3) is 3.64. The highest BCUT2D eigenvalue weighted by Gasteiger charge is 2.32. The average Bonchev–Trinajstić information content (AvgIpc) is 2.91. The molecule has 0 fully saturated rings. The van der Waals surface area contributed by atoms with Gasteiger partial charge < -0.3 is 4.40 Å². The van der Waals surface area contributed by atoms with Crippen LogP contribution in [0.2, 0.25) is 5.02 Å². The molecule has 0 spiro atoms. The molecular formula is C16H12ClF3N2S. The van der Waals surface area contributed by atoms with Crippen molar-refractivity contribution >= 4 is 29.0 Å². The number of benzene rings is 1. The molecule has 0 radical (unpaired) electrons. The van der Waals surface area contributed by atoms with E-state index in [0.29, 0.717) is 17.1 Å². The van der Waals surface area contributed by atoms with E-state index in [1.807, 2.05) is 30.3 Å². The minimum absolute atomic E-state index is 0.000802. The van der Waals surface area contributed by atoms with Crippen molar-refractivity contribution in [3.05, 3.63) is 70.6 Å². The number of hydrogen-bond acceptors (Lipinski definition) is 2. The first-order chi connectivity index (χ1) is 10.9. The van der Waals surface area contributed by atoms with E-state index in [4.69, 9.17) is 11.6 Å². The van der Waals surface area contributed by atoms with Crippen LogP contribution in [-0.4, -0.2) is 9.38 Å². The lowest BCUT2D eigenvalue weighted by Crippen LogP contribution is -2.07. The highest BCUT2D eigenvalue weighted by atomic mass is 35.5. The number of rotatable bonds is 4. The summed E-state index contributed by atoms with van der Waals surface area (Å²) in [6, 6.07) is 10.8. The van der Waals surface area contributed by atoms with E-state index < -0.39 is 11.7 Å². The fourth-order valence-electron chi connectivity index (χ4n) is 2.20. The number of imidazole rings is 1. The Morgan fingerprint density at radius 1 is 1.13 bits per heavy atom. The third-order valence-corrected chi connectivity index (χ3v) is 4.64. The van der Waals surface area contributed by atoms with Crippen LogP contribution < -0.4 is 0 Å². The largest absolute Gasteiger partial charge is 0.417 e. The quantitative estimate of drug-likeness (QED) is 0.619. The summed E-state index contributed by atoms with van der Waals surface area (Å²) in [5.41, 5.74) is 1.42. The van der Waals surface area contributed by atoms with Crippen molar-refractivity contribution in [3.63, 3.8) is 0 Å². The molecule has 0 amide bonds. The van der Waals surface area contributed by atoms with Crippen molar-refractivity contribution in [3.8, 4) is 0 Å². The van der Waals surface area contributed by atoms with Crippen molar-refractivity contribution in [2.75, 3.05) is 0 Å². The summed E-state index contributed by atoms with van der Waals surface area (Å²) in [6.07, 6.45) is -1.82. The molecule has 0 atom stereocenters. The lowest BCUT2D eigenvalue weighted by molar-refractivity contribution is -0.137. The van der Waals surface area contributed by atoms with Gasteiger partial charge in [0.05, 0.1) is 22.5 Å². The van der Waals surface area contributed by atoms with E-state index in [9.17, 15) is 13.2 Å². The maximum absolute atomic E-state index is 12.9. The summed E-state index contributed by atoms with van der Waals surface area (Å²) in [6.45, 7) is 0. The van der Waals surface area contributed by atoms with Gasteiger partial charge in [-0.05, 0) is 11.6 Å². The van der Waals surface area contributed by atoms with Crippen LogP contribution in [-0.2, 0) is 17.7 Å². The molecule has 2 heterocycles. The Balaban J connectivity index is 1.82. The van der Waals surface area contributed by atoms with Crippen LogP contribution in [0.15, 0.2) is 48.8 Å². The van der Waals surface area contributed by atoms with Crippen LogP contribution in [0.25, 0.3) is 5.65 Å². The minimum Gasteiger partial charge on any atom is -0.301 e. The number of nitrogens with zero attached hydrogens (tertiary/aromatic N) is 2. The van der Waals surface area contributed by atoms with Crippen LogP contribution in [0.4, 0.5) is 13.2 Å². The van der Waals surface area contributed by atoms with Crippen LogP contribution >= 0.6 is 23.4 Å². The van der Waals surface area contributed by atoms with E-state index in [-0.39, 0.29) is 5.02 Å². The summed E-state index contributed by atoms with van der Waals surface area (Å²) in [5, 5.41) is -0.000802. The number of halogens is 4. The Kier molecular flexibility index (Phi) is 4.55. The summed E-state index contributed by atoms with van der Waals surface area (Å²) < 4.78 is 40.1. The normalized spacial score (nSPS) is 12.0. The second-order valence-electron chi connectivity index (χ2n) is 5.00. The van der Waals surface area contributed by atoms with Gasteiger partial charge in [-0.25, -0.2) is 4.98 Å². The molecule has 2 aromatic heterocycles. The summed E-state index contributed by atoms with van der Waals surface area (Å²) in [4.78, 5) is 4.12. The molecule has 3 aromatic rings. The fourth-order valence-corrected chi connectivity index (χ4v) is 3.41. The summed E-state index contributed by atoms with van der Waals surface area (Å²) >= 11 is 7.53. The maximum Gasteiger partial charge on any atom is 0.417 e. The van der Waals surface area contributed by atoms with Gasteiger partial charge in [0, 0.05) is 17.7 Å². The molecule has 7 heteroatoms. The van der Waals surface area contributed by atoms with E-state index in [0.717, 1.165) is 18.0 Å². The third-order valence-electron chi connectivity index (χ3n) is 3.33. The number of alkyl halides is 3. The predicted molar refractivity (Wildman–Crippen MR) is 86.6 cm³/mol. The molecule has 0 unspecified atom stereocenters. The molecule has 1 aromatic carbocycles. The lowest BCUT2D eigenvalue weighted by Gasteiger charge is -2.09. The van der Waals surface area contributed by atoms with E-state index in [1.54, 1.807) is 18.0 Å². The second-order valence-corrected chi connectivity index (χ2v) is 6.39. The first kappa shape index (κ1) is 16.2. The molecule has 0 bridgehead atoms. The summed E-state index contributed by atoms with van der Waals surface area (Å²) in [7, 11) is 0. The minimum atomic E-state index is -4.43. The van der Waals surface area contributed by atoms with Crippen molar-refractivity contribution in [2.45, 2.75) is 17.7 Å². The molecule has 0 N–H and O–H groups in total. The van der Waals surface area contributed by atoms with E-state index in [1.165, 1.54) is 9.96 Å². The first-order valence-electron chi connectivity index (χ1n) is 6.79.